The molecule has 4 bridgehead atoms. The van der Waals surface area contributed by atoms with Crippen LogP contribution in [0.25, 0.3) is 11.1 Å². The third-order valence-electron chi connectivity index (χ3n) is 6.15. The number of aromatic nitrogens is 1. The van der Waals surface area contributed by atoms with Crippen LogP contribution in [-0.2, 0) is 28.5 Å². The van der Waals surface area contributed by atoms with Crippen molar-refractivity contribution in [3.63, 3.8) is 0 Å². The molecule has 1 aliphatic heterocycles. The van der Waals surface area contributed by atoms with Crippen LogP contribution in [0.4, 0.5) is 4.39 Å². The molecule has 8 heteroatoms. The fraction of sp³-hybridized carbons (Fsp3) is 0.348. The summed E-state index contributed by atoms with van der Waals surface area (Å²) < 4.78 is 53.8. The number of benzene rings is 2. The zero-order chi connectivity index (χ0) is 21.6. The maximum Gasteiger partial charge on any atom is 0.208 e. The summed E-state index contributed by atoms with van der Waals surface area (Å²) in [5.74, 6) is 0.782. The normalized spacial score (nSPS) is 23.0. The van der Waals surface area contributed by atoms with Crippen molar-refractivity contribution in [2.45, 2.75) is 43.7 Å². The van der Waals surface area contributed by atoms with Crippen LogP contribution in [-0.4, -0.2) is 25.7 Å². The molecule has 162 valence electrons. The molecule has 0 unspecified atom stereocenters. The molecule has 2 heterocycles. The van der Waals surface area contributed by atoms with Crippen LogP contribution in [0, 0.1) is 5.82 Å². The van der Waals surface area contributed by atoms with Crippen LogP contribution in [0.3, 0.4) is 0 Å². The SMILES string of the molecule is CS(=O)(=O)N[C@H]1CC[C@@]2(Cc3cccc(c3F)-c3ccccc3OCc3coc2n3)C1. The maximum absolute atomic E-state index is 15.7. The molecule has 1 aliphatic carbocycles. The predicted octanol–water partition coefficient (Wildman–Crippen LogP) is 3.96. The highest BCUT2D eigenvalue weighted by atomic mass is 32.2. The Kier molecular flexibility index (Phi) is 4.86. The predicted molar refractivity (Wildman–Crippen MR) is 114 cm³/mol. The Morgan fingerprint density at radius 1 is 1.16 bits per heavy atom. The number of oxazole rings is 1. The molecule has 1 spiro atoms. The fourth-order valence-corrected chi connectivity index (χ4v) is 5.64. The van der Waals surface area contributed by atoms with Gasteiger partial charge in [0.15, 0.2) is 0 Å². The van der Waals surface area contributed by atoms with Gasteiger partial charge in [0.05, 0.1) is 11.7 Å². The lowest BCUT2D eigenvalue weighted by atomic mass is 9.79. The van der Waals surface area contributed by atoms with Crippen LogP contribution < -0.4 is 9.46 Å². The van der Waals surface area contributed by atoms with Crippen molar-refractivity contribution in [1.82, 2.24) is 9.71 Å². The molecule has 2 aromatic carbocycles. The summed E-state index contributed by atoms with van der Waals surface area (Å²) in [6, 6.07) is 12.5. The van der Waals surface area contributed by atoms with Crippen molar-refractivity contribution in [3.8, 4) is 16.9 Å². The summed E-state index contributed by atoms with van der Waals surface area (Å²) in [6.07, 6.45) is 4.85. The van der Waals surface area contributed by atoms with E-state index in [2.05, 4.69) is 9.71 Å². The monoisotopic (exact) mass is 442 g/mol. The molecular weight excluding hydrogens is 419 g/mol. The van der Waals surface area contributed by atoms with E-state index in [4.69, 9.17) is 9.15 Å². The summed E-state index contributed by atoms with van der Waals surface area (Å²) in [5, 5.41) is 0. The van der Waals surface area contributed by atoms with Gasteiger partial charge in [-0.2, -0.15) is 0 Å². The third-order valence-corrected chi connectivity index (χ3v) is 6.92. The highest BCUT2D eigenvalue weighted by Crippen LogP contribution is 2.45. The van der Waals surface area contributed by atoms with E-state index in [-0.39, 0.29) is 18.5 Å². The molecule has 2 atom stereocenters. The van der Waals surface area contributed by atoms with Crippen molar-refractivity contribution in [2.24, 2.45) is 0 Å². The molecular formula is C23H23FN2O4S. The molecule has 0 amide bonds. The number of ether oxygens (including phenoxy) is 1. The van der Waals surface area contributed by atoms with E-state index in [9.17, 15) is 8.42 Å². The van der Waals surface area contributed by atoms with Crippen LogP contribution in [0.15, 0.2) is 53.1 Å². The van der Waals surface area contributed by atoms with Crippen molar-refractivity contribution in [3.05, 3.63) is 71.7 Å². The van der Waals surface area contributed by atoms with Gasteiger partial charge < -0.3 is 9.15 Å². The van der Waals surface area contributed by atoms with Crippen LogP contribution >= 0.6 is 0 Å². The van der Waals surface area contributed by atoms with Gasteiger partial charge in [-0.05, 0) is 37.3 Å². The third kappa shape index (κ3) is 3.85. The molecule has 1 fully saturated rings. The molecule has 1 aromatic heterocycles. The van der Waals surface area contributed by atoms with Gasteiger partial charge in [0.2, 0.25) is 15.9 Å². The second-order valence-corrected chi connectivity index (χ2v) is 10.3. The molecule has 1 N–H and O–H groups in total. The van der Waals surface area contributed by atoms with Crippen LogP contribution in [0.1, 0.15) is 36.4 Å². The standard InChI is InChI=1S/C23H23FN2O4S/c1-31(27,28)26-16-9-10-23(12-16)11-15-5-4-7-19(21(15)24)18-6-2-3-8-20(18)29-13-17-14-30-22(23)25-17/h2-8,14,16,26H,9-13H2,1H3/t16-,23+/m0/s1. The number of nitrogens with one attached hydrogen (secondary N) is 1. The van der Waals surface area contributed by atoms with Gasteiger partial charge in [0.25, 0.3) is 0 Å². The molecule has 1 saturated carbocycles. The van der Waals surface area contributed by atoms with Gasteiger partial charge in [0.1, 0.15) is 30.1 Å². The molecule has 0 radical (unpaired) electrons. The molecule has 3 aromatic rings. The lowest BCUT2D eigenvalue weighted by molar-refractivity contribution is 0.301. The van der Waals surface area contributed by atoms with Gasteiger partial charge in [-0.25, -0.2) is 22.5 Å². The van der Waals surface area contributed by atoms with Gasteiger partial charge in [-0.1, -0.05) is 36.4 Å². The Bertz CT molecular complexity index is 1240. The summed E-state index contributed by atoms with van der Waals surface area (Å²) in [6.45, 7) is 0.197. The summed E-state index contributed by atoms with van der Waals surface area (Å²) in [5.41, 5.74) is 1.76. The number of rotatable bonds is 2. The molecule has 5 rings (SSSR count). The lowest BCUT2D eigenvalue weighted by Crippen LogP contribution is -2.35. The highest BCUT2D eigenvalue weighted by molar-refractivity contribution is 7.88. The molecule has 6 nitrogen and oxygen atoms in total. The summed E-state index contributed by atoms with van der Waals surface area (Å²) in [7, 11) is -3.35. The van der Waals surface area contributed by atoms with E-state index in [1.54, 1.807) is 18.4 Å². The second-order valence-electron chi connectivity index (χ2n) is 8.49. The topological polar surface area (TPSA) is 81.4 Å². The maximum atomic E-state index is 15.7. The fourth-order valence-electron chi connectivity index (χ4n) is 4.83. The van der Waals surface area contributed by atoms with Crippen molar-refractivity contribution >= 4 is 10.0 Å². The Balaban J connectivity index is 1.62. The number of fused-ring (bicyclic) bond motifs is 7. The summed E-state index contributed by atoms with van der Waals surface area (Å²) in [4.78, 5) is 4.66. The number of sulfonamides is 1. The largest absolute Gasteiger partial charge is 0.487 e. The Morgan fingerprint density at radius 2 is 1.97 bits per heavy atom. The van der Waals surface area contributed by atoms with Crippen LogP contribution in [0.5, 0.6) is 5.75 Å². The molecule has 2 aliphatic rings. The molecule has 31 heavy (non-hydrogen) atoms. The minimum atomic E-state index is -3.35. The number of halogens is 1. The van der Waals surface area contributed by atoms with Gasteiger partial charge in [-0.3, -0.25) is 0 Å². The number of hydrogen-bond acceptors (Lipinski definition) is 5. The van der Waals surface area contributed by atoms with E-state index in [0.717, 1.165) is 6.26 Å². The number of para-hydroxylation sites is 1. The first-order valence-corrected chi connectivity index (χ1v) is 12.1. The summed E-state index contributed by atoms with van der Waals surface area (Å²) >= 11 is 0. The van der Waals surface area contributed by atoms with Gasteiger partial charge in [-0.15, -0.1) is 0 Å². The smallest absolute Gasteiger partial charge is 0.208 e. The minimum absolute atomic E-state index is 0.197. The van der Waals surface area contributed by atoms with Gasteiger partial charge in [0, 0.05) is 17.2 Å². The second kappa shape index (κ2) is 7.46. The van der Waals surface area contributed by atoms with E-state index in [0.29, 0.717) is 59.7 Å². The van der Waals surface area contributed by atoms with Gasteiger partial charge >= 0.3 is 0 Å². The first kappa shape index (κ1) is 20.2. The van der Waals surface area contributed by atoms with E-state index >= 15 is 4.39 Å². The Morgan fingerprint density at radius 3 is 2.81 bits per heavy atom. The van der Waals surface area contributed by atoms with Crippen molar-refractivity contribution in [1.29, 1.82) is 0 Å². The number of nitrogens with zero attached hydrogens (tertiary/aromatic N) is 1. The van der Waals surface area contributed by atoms with Crippen molar-refractivity contribution in [2.75, 3.05) is 6.26 Å². The molecule has 0 saturated heterocycles. The highest BCUT2D eigenvalue weighted by Gasteiger charge is 2.45. The average Bonchev–Trinajstić information content (AvgIpc) is 3.35. The Hall–Kier alpha value is -2.71. The van der Waals surface area contributed by atoms with Crippen LogP contribution in [0.2, 0.25) is 0 Å². The first-order valence-electron chi connectivity index (χ1n) is 10.2. The zero-order valence-electron chi connectivity index (χ0n) is 17.1. The minimum Gasteiger partial charge on any atom is -0.487 e. The zero-order valence-corrected chi connectivity index (χ0v) is 17.9. The van der Waals surface area contributed by atoms with Crippen molar-refractivity contribution < 1.29 is 22.0 Å². The average molecular weight is 443 g/mol. The van der Waals surface area contributed by atoms with E-state index < -0.39 is 15.4 Å². The first-order chi connectivity index (χ1) is 14.8. The lowest BCUT2D eigenvalue weighted by Gasteiger charge is -2.27. The van der Waals surface area contributed by atoms with E-state index in [1.165, 1.54) is 0 Å². The quantitative estimate of drug-likeness (QED) is 0.650. The Labute approximate surface area is 180 Å². The van der Waals surface area contributed by atoms with E-state index in [1.807, 2.05) is 30.3 Å². The number of hydrogen-bond donors (Lipinski definition) is 1.